The number of hydrogen-bond acceptors (Lipinski definition) is 2. The molecule has 3 aliphatic carbocycles. The van der Waals surface area contributed by atoms with Gasteiger partial charge >= 0.3 is 0 Å². The van der Waals surface area contributed by atoms with Gasteiger partial charge in [0.2, 0.25) is 11.8 Å². The van der Waals surface area contributed by atoms with Gasteiger partial charge in [-0.2, -0.15) is 0 Å². The standard InChI is InChI=1S/C21H20ClNO2/c22-13-6-8-14(9-7-13)23-20(24)18-15-10-11-16(19(18)21(23)25)17(15)12-4-2-1-3-5-12/h6-11,15-16,18-19H,1-5H2/t15-,16-,18-,19+/m0/s1. The Hall–Kier alpha value is -1.87. The van der Waals surface area contributed by atoms with Crippen LogP contribution in [0.2, 0.25) is 5.02 Å². The van der Waals surface area contributed by atoms with Crippen molar-refractivity contribution in [2.24, 2.45) is 23.7 Å². The molecule has 3 nitrogen and oxygen atoms in total. The molecule has 0 radical (unpaired) electrons. The average molecular weight is 354 g/mol. The van der Waals surface area contributed by atoms with Crippen molar-refractivity contribution in [2.75, 3.05) is 4.90 Å². The van der Waals surface area contributed by atoms with E-state index in [1.165, 1.54) is 35.3 Å². The highest BCUT2D eigenvalue weighted by molar-refractivity contribution is 6.31. The van der Waals surface area contributed by atoms with Crippen molar-refractivity contribution in [3.8, 4) is 0 Å². The number of allylic oxidation sites excluding steroid dienone is 4. The second-order valence-corrected chi connectivity index (χ2v) is 8.03. The number of anilines is 1. The van der Waals surface area contributed by atoms with Gasteiger partial charge < -0.3 is 0 Å². The summed E-state index contributed by atoms with van der Waals surface area (Å²) >= 11 is 5.94. The minimum atomic E-state index is -0.206. The fraction of sp³-hybridized carbons (Fsp3) is 0.429. The van der Waals surface area contributed by atoms with Crippen LogP contribution in [0.5, 0.6) is 0 Å². The van der Waals surface area contributed by atoms with Crippen molar-refractivity contribution in [1.29, 1.82) is 0 Å². The summed E-state index contributed by atoms with van der Waals surface area (Å²) in [7, 11) is 0. The maximum Gasteiger partial charge on any atom is 0.238 e. The molecule has 4 heteroatoms. The van der Waals surface area contributed by atoms with Gasteiger partial charge in [0.15, 0.2) is 0 Å². The Morgan fingerprint density at radius 1 is 0.840 bits per heavy atom. The summed E-state index contributed by atoms with van der Waals surface area (Å²) in [4.78, 5) is 27.6. The first-order valence-electron chi connectivity index (χ1n) is 9.20. The van der Waals surface area contributed by atoms with Crippen LogP contribution in [0.4, 0.5) is 5.69 Å². The first kappa shape index (κ1) is 15.4. The molecule has 1 saturated heterocycles. The fourth-order valence-corrected chi connectivity index (χ4v) is 5.47. The number of nitrogens with zero attached hydrogens (tertiary/aromatic N) is 1. The molecule has 4 atom stereocenters. The lowest BCUT2D eigenvalue weighted by Gasteiger charge is -2.23. The predicted octanol–water partition coefficient (Wildman–Crippen LogP) is 4.52. The number of rotatable bonds is 1. The lowest BCUT2D eigenvalue weighted by molar-refractivity contribution is -0.122. The van der Waals surface area contributed by atoms with E-state index >= 15 is 0 Å². The molecule has 3 fully saturated rings. The molecule has 5 rings (SSSR count). The summed E-state index contributed by atoms with van der Waals surface area (Å²) in [5.74, 6) is -0.218. The van der Waals surface area contributed by atoms with Gasteiger partial charge in [0.05, 0.1) is 17.5 Å². The second kappa shape index (κ2) is 5.57. The zero-order valence-corrected chi connectivity index (χ0v) is 14.7. The van der Waals surface area contributed by atoms with E-state index in [4.69, 9.17) is 11.6 Å². The number of fused-ring (bicyclic) bond motifs is 5. The molecule has 0 aromatic heterocycles. The van der Waals surface area contributed by atoms with Crippen LogP contribution in [0.25, 0.3) is 0 Å². The molecule has 1 heterocycles. The van der Waals surface area contributed by atoms with Crippen LogP contribution in [0.1, 0.15) is 32.1 Å². The maximum absolute atomic E-state index is 13.1. The molecule has 2 bridgehead atoms. The van der Waals surface area contributed by atoms with Crippen molar-refractivity contribution >= 4 is 29.1 Å². The van der Waals surface area contributed by atoms with Gasteiger partial charge in [-0.3, -0.25) is 9.59 Å². The molecule has 1 aromatic rings. The normalized spacial score (nSPS) is 33.6. The lowest BCUT2D eigenvalue weighted by Crippen LogP contribution is -2.33. The summed E-state index contributed by atoms with van der Waals surface area (Å²) in [5.41, 5.74) is 3.58. The number of amides is 2. The highest BCUT2D eigenvalue weighted by Gasteiger charge is 2.62. The Morgan fingerprint density at radius 2 is 1.40 bits per heavy atom. The number of carbonyl (C=O) groups excluding carboxylic acids is 2. The minimum absolute atomic E-state index is 0.0388. The highest BCUT2D eigenvalue weighted by Crippen LogP contribution is 2.58. The Labute approximate surface area is 152 Å². The number of hydrogen-bond donors (Lipinski definition) is 0. The van der Waals surface area contributed by atoms with Gasteiger partial charge in [0, 0.05) is 16.9 Å². The number of imide groups is 1. The fourth-order valence-electron chi connectivity index (χ4n) is 5.35. The van der Waals surface area contributed by atoms with Gasteiger partial charge in [-0.25, -0.2) is 4.90 Å². The second-order valence-electron chi connectivity index (χ2n) is 7.60. The van der Waals surface area contributed by atoms with Gasteiger partial charge in [0.25, 0.3) is 0 Å². The number of carbonyl (C=O) groups is 2. The van der Waals surface area contributed by atoms with E-state index in [0.29, 0.717) is 10.7 Å². The molecule has 2 amide bonds. The van der Waals surface area contributed by atoms with Crippen LogP contribution in [-0.2, 0) is 9.59 Å². The third kappa shape index (κ3) is 2.11. The van der Waals surface area contributed by atoms with Gasteiger partial charge in [-0.1, -0.05) is 41.3 Å². The SMILES string of the molecule is O=C1[C@@H]2[C@H](C(=O)N1c1ccc(Cl)cc1)[C@H]1C=C[C@H]2C1=C1CCCCC1. The molecule has 0 spiro atoms. The predicted molar refractivity (Wildman–Crippen MR) is 97.2 cm³/mol. The molecule has 2 saturated carbocycles. The van der Waals surface area contributed by atoms with Crippen LogP contribution < -0.4 is 4.90 Å². The van der Waals surface area contributed by atoms with E-state index < -0.39 is 0 Å². The molecule has 0 N–H and O–H groups in total. The largest absolute Gasteiger partial charge is 0.274 e. The summed E-state index contributed by atoms with van der Waals surface area (Å²) < 4.78 is 0. The van der Waals surface area contributed by atoms with Crippen molar-refractivity contribution in [3.63, 3.8) is 0 Å². The molecule has 1 aromatic carbocycles. The van der Waals surface area contributed by atoms with Crippen LogP contribution >= 0.6 is 11.6 Å². The summed E-state index contributed by atoms with van der Waals surface area (Å²) in [6, 6.07) is 6.98. The molecule has 128 valence electrons. The quantitative estimate of drug-likeness (QED) is 0.549. The number of halogens is 1. The average Bonchev–Trinajstić information content (AvgIpc) is 3.27. The van der Waals surface area contributed by atoms with E-state index in [9.17, 15) is 9.59 Å². The van der Waals surface area contributed by atoms with Crippen molar-refractivity contribution in [2.45, 2.75) is 32.1 Å². The first-order chi connectivity index (χ1) is 12.2. The van der Waals surface area contributed by atoms with Crippen molar-refractivity contribution in [3.05, 3.63) is 52.6 Å². The minimum Gasteiger partial charge on any atom is -0.274 e. The Balaban J connectivity index is 1.52. The topological polar surface area (TPSA) is 37.4 Å². The van der Waals surface area contributed by atoms with Crippen molar-refractivity contribution < 1.29 is 9.59 Å². The van der Waals surface area contributed by atoms with E-state index in [1.54, 1.807) is 24.3 Å². The van der Waals surface area contributed by atoms with E-state index in [-0.39, 0.29) is 35.5 Å². The Kier molecular flexibility index (Phi) is 3.43. The molecule has 25 heavy (non-hydrogen) atoms. The third-order valence-electron chi connectivity index (χ3n) is 6.37. The Bertz CT molecular complexity index is 781. The van der Waals surface area contributed by atoms with E-state index in [1.807, 2.05) is 0 Å². The lowest BCUT2D eigenvalue weighted by atomic mass is 9.85. The number of benzene rings is 1. The summed E-state index contributed by atoms with van der Waals surface area (Å²) in [5, 5.41) is 0.606. The zero-order chi connectivity index (χ0) is 17.1. The monoisotopic (exact) mass is 353 g/mol. The summed E-state index contributed by atoms with van der Waals surface area (Å²) in [6.07, 6.45) is 10.4. The third-order valence-corrected chi connectivity index (χ3v) is 6.62. The first-order valence-corrected chi connectivity index (χ1v) is 9.58. The zero-order valence-electron chi connectivity index (χ0n) is 14.0. The van der Waals surface area contributed by atoms with E-state index in [2.05, 4.69) is 12.2 Å². The molecular weight excluding hydrogens is 334 g/mol. The maximum atomic E-state index is 13.1. The highest BCUT2D eigenvalue weighted by atomic mass is 35.5. The van der Waals surface area contributed by atoms with Crippen LogP contribution in [-0.4, -0.2) is 11.8 Å². The smallest absolute Gasteiger partial charge is 0.238 e. The molecule has 1 aliphatic heterocycles. The Morgan fingerprint density at radius 3 is 1.96 bits per heavy atom. The van der Waals surface area contributed by atoms with E-state index in [0.717, 1.165) is 12.8 Å². The van der Waals surface area contributed by atoms with Crippen LogP contribution in [0.15, 0.2) is 47.6 Å². The molecular formula is C21H20ClNO2. The molecule has 4 aliphatic rings. The van der Waals surface area contributed by atoms with Crippen LogP contribution in [0.3, 0.4) is 0 Å². The van der Waals surface area contributed by atoms with Crippen molar-refractivity contribution in [1.82, 2.24) is 0 Å². The summed E-state index contributed by atoms with van der Waals surface area (Å²) in [6.45, 7) is 0. The van der Waals surface area contributed by atoms with Gasteiger partial charge in [-0.05, 0) is 49.9 Å². The van der Waals surface area contributed by atoms with Gasteiger partial charge in [0.1, 0.15) is 0 Å². The van der Waals surface area contributed by atoms with Crippen LogP contribution in [0, 0.1) is 23.7 Å². The van der Waals surface area contributed by atoms with Gasteiger partial charge in [-0.15, -0.1) is 0 Å². The molecule has 0 unspecified atom stereocenters.